The van der Waals surface area contributed by atoms with Crippen LogP contribution in [0.25, 0.3) is 11.2 Å². The second kappa shape index (κ2) is 7.77. The van der Waals surface area contributed by atoms with Crippen molar-refractivity contribution >= 4 is 17.1 Å². The highest BCUT2D eigenvalue weighted by Gasteiger charge is 2.12. The van der Waals surface area contributed by atoms with Crippen LogP contribution >= 0.6 is 0 Å². The van der Waals surface area contributed by atoms with Crippen LogP contribution in [0.2, 0.25) is 0 Å². The van der Waals surface area contributed by atoms with Crippen molar-refractivity contribution < 1.29 is 9.21 Å². The zero-order valence-corrected chi connectivity index (χ0v) is 12.9. The van der Waals surface area contributed by atoms with E-state index in [1.54, 1.807) is 6.20 Å². The van der Waals surface area contributed by atoms with E-state index in [1.165, 1.54) is 0 Å². The third-order valence-electron chi connectivity index (χ3n) is 4.05. The van der Waals surface area contributed by atoms with Gasteiger partial charge in [-0.25, -0.2) is 9.78 Å². The van der Waals surface area contributed by atoms with Crippen LogP contribution < -0.4 is 11.5 Å². The van der Waals surface area contributed by atoms with E-state index in [9.17, 15) is 9.59 Å². The van der Waals surface area contributed by atoms with Crippen LogP contribution in [0.15, 0.2) is 21.5 Å². The van der Waals surface area contributed by atoms with Gasteiger partial charge in [-0.3, -0.25) is 9.78 Å². The molecule has 6 nitrogen and oxygen atoms in total. The SMILES string of the molecule is CCC(CCCCCCc1ccnc2[nH]c(=O)oc12)C(N)=O. The summed E-state index contributed by atoms with van der Waals surface area (Å²) in [6.07, 6.45) is 8.42. The number of H-pyrrole nitrogens is 1. The Hall–Kier alpha value is -2.11. The van der Waals surface area contributed by atoms with Gasteiger partial charge < -0.3 is 10.2 Å². The topological polar surface area (TPSA) is 102 Å². The van der Waals surface area contributed by atoms with Crippen molar-refractivity contribution in [1.82, 2.24) is 9.97 Å². The third kappa shape index (κ3) is 4.19. The lowest BCUT2D eigenvalue weighted by atomic mass is 9.97. The number of hydrogen-bond acceptors (Lipinski definition) is 4. The number of nitrogens with two attached hydrogens (primary N) is 1. The van der Waals surface area contributed by atoms with Crippen LogP contribution in [0.4, 0.5) is 0 Å². The Morgan fingerprint density at radius 1 is 1.36 bits per heavy atom. The number of nitrogens with zero attached hydrogens (tertiary/aromatic N) is 1. The summed E-state index contributed by atoms with van der Waals surface area (Å²) in [5.74, 6) is -0.648. The molecular weight excluding hydrogens is 282 g/mol. The normalized spacial score (nSPS) is 12.6. The number of unbranched alkanes of at least 4 members (excludes halogenated alkanes) is 3. The van der Waals surface area contributed by atoms with Crippen molar-refractivity contribution in [1.29, 1.82) is 0 Å². The number of fused-ring (bicyclic) bond motifs is 1. The highest BCUT2D eigenvalue weighted by atomic mass is 16.4. The molecule has 0 bridgehead atoms. The quantitative estimate of drug-likeness (QED) is 0.695. The lowest BCUT2D eigenvalue weighted by molar-refractivity contribution is -0.122. The molecule has 1 amide bonds. The number of amides is 1. The van der Waals surface area contributed by atoms with Crippen molar-refractivity contribution in [2.45, 2.75) is 51.9 Å². The summed E-state index contributed by atoms with van der Waals surface area (Å²) in [6, 6.07) is 1.89. The minimum absolute atomic E-state index is 0.00829. The van der Waals surface area contributed by atoms with E-state index in [-0.39, 0.29) is 11.8 Å². The van der Waals surface area contributed by atoms with Crippen LogP contribution in [0.3, 0.4) is 0 Å². The van der Waals surface area contributed by atoms with Gasteiger partial charge in [0.15, 0.2) is 11.2 Å². The lowest BCUT2D eigenvalue weighted by Gasteiger charge is -2.09. The summed E-state index contributed by atoms with van der Waals surface area (Å²) >= 11 is 0. The first-order valence-corrected chi connectivity index (χ1v) is 7.87. The number of rotatable bonds is 9. The molecule has 0 fully saturated rings. The zero-order valence-electron chi connectivity index (χ0n) is 12.9. The van der Waals surface area contributed by atoms with Gasteiger partial charge in [0.2, 0.25) is 5.91 Å². The molecule has 2 aromatic heterocycles. The van der Waals surface area contributed by atoms with E-state index in [4.69, 9.17) is 10.2 Å². The molecular formula is C16H23N3O3. The molecule has 0 aromatic carbocycles. The molecule has 2 rings (SSSR count). The molecule has 0 spiro atoms. The lowest BCUT2D eigenvalue weighted by Crippen LogP contribution is -2.22. The molecule has 0 aliphatic heterocycles. The number of aromatic amines is 1. The number of nitrogens with one attached hydrogen (secondary N) is 1. The number of oxazole rings is 1. The van der Waals surface area contributed by atoms with E-state index < -0.39 is 5.76 Å². The smallest absolute Gasteiger partial charge is 0.406 e. The summed E-state index contributed by atoms with van der Waals surface area (Å²) in [4.78, 5) is 29.0. The first-order chi connectivity index (χ1) is 10.6. The molecule has 1 atom stereocenters. The molecule has 22 heavy (non-hydrogen) atoms. The molecule has 120 valence electrons. The number of aromatic nitrogens is 2. The molecule has 2 heterocycles. The second-order valence-corrected chi connectivity index (χ2v) is 5.62. The van der Waals surface area contributed by atoms with Gasteiger partial charge in [0, 0.05) is 17.7 Å². The Morgan fingerprint density at radius 3 is 2.86 bits per heavy atom. The van der Waals surface area contributed by atoms with Crippen LogP contribution in [0.1, 0.15) is 51.0 Å². The Kier molecular flexibility index (Phi) is 5.75. The predicted octanol–water partition coefficient (Wildman–Crippen LogP) is 2.52. The highest BCUT2D eigenvalue weighted by molar-refractivity contribution is 5.76. The number of primary amides is 1. The monoisotopic (exact) mass is 305 g/mol. The van der Waals surface area contributed by atoms with Crippen molar-refractivity contribution in [2.75, 3.05) is 0 Å². The Morgan fingerprint density at radius 2 is 2.14 bits per heavy atom. The van der Waals surface area contributed by atoms with Gasteiger partial charge >= 0.3 is 5.76 Å². The maximum absolute atomic E-state index is 11.2. The number of carbonyl (C=O) groups excluding carboxylic acids is 1. The Balaban J connectivity index is 1.74. The summed E-state index contributed by atoms with van der Waals surface area (Å²) in [6.45, 7) is 1.99. The standard InChI is InChI=1S/C16H23N3O3/c1-2-11(14(17)20)7-5-3-4-6-8-12-9-10-18-15-13(12)22-16(21)19-15/h9-11H,2-8H2,1H3,(H2,17,20)(H,18,19,21). The van der Waals surface area contributed by atoms with Gasteiger partial charge in [-0.05, 0) is 31.7 Å². The van der Waals surface area contributed by atoms with Crippen molar-refractivity contribution in [3.8, 4) is 0 Å². The third-order valence-corrected chi connectivity index (χ3v) is 4.05. The van der Waals surface area contributed by atoms with Gasteiger partial charge in [-0.2, -0.15) is 0 Å². The van der Waals surface area contributed by atoms with Crippen LogP contribution in [0, 0.1) is 5.92 Å². The first kappa shape index (κ1) is 16.3. The van der Waals surface area contributed by atoms with Crippen molar-refractivity contribution in [3.63, 3.8) is 0 Å². The van der Waals surface area contributed by atoms with Gasteiger partial charge in [-0.15, -0.1) is 0 Å². The molecule has 0 aliphatic carbocycles. The van der Waals surface area contributed by atoms with Gasteiger partial charge in [-0.1, -0.05) is 26.2 Å². The fourth-order valence-corrected chi connectivity index (χ4v) is 2.71. The van der Waals surface area contributed by atoms with Gasteiger partial charge in [0.05, 0.1) is 0 Å². The average Bonchev–Trinajstić information content (AvgIpc) is 2.87. The molecule has 3 N–H and O–H groups in total. The molecule has 0 saturated carbocycles. The van der Waals surface area contributed by atoms with E-state index in [0.29, 0.717) is 11.2 Å². The van der Waals surface area contributed by atoms with Gasteiger partial charge in [0.25, 0.3) is 0 Å². The summed E-state index contributed by atoms with van der Waals surface area (Å²) in [7, 11) is 0. The van der Waals surface area contributed by atoms with E-state index in [0.717, 1.165) is 50.5 Å². The molecule has 1 unspecified atom stereocenters. The van der Waals surface area contributed by atoms with Crippen LogP contribution in [-0.2, 0) is 11.2 Å². The van der Waals surface area contributed by atoms with Crippen LogP contribution in [0.5, 0.6) is 0 Å². The van der Waals surface area contributed by atoms with Crippen molar-refractivity contribution in [2.24, 2.45) is 11.7 Å². The van der Waals surface area contributed by atoms with E-state index in [2.05, 4.69) is 9.97 Å². The molecule has 0 saturated heterocycles. The van der Waals surface area contributed by atoms with Crippen molar-refractivity contribution in [3.05, 3.63) is 28.4 Å². The zero-order chi connectivity index (χ0) is 15.9. The summed E-state index contributed by atoms with van der Waals surface area (Å²) < 4.78 is 5.12. The number of carbonyl (C=O) groups is 1. The fourth-order valence-electron chi connectivity index (χ4n) is 2.71. The molecule has 6 heteroatoms. The Labute approximate surface area is 129 Å². The average molecular weight is 305 g/mol. The molecule has 0 radical (unpaired) electrons. The summed E-state index contributed by atoms with van der Waals surface area (Å²) in [5, 5.41) is 0. The second-order valence-electron chi connectivity index (χ2n) is 5.62. The van der Waals surface area contributed by atoms with Crippen LogP contribution in [-0.4, -0.2) is 15.9 Å². The summed E-state index contributed by atoms with van der Waals surface area (Å²) in [5.41, 5.74) is 7.41. The minimum atomic E-state index is -0.466. The minimum Gasteiger partial charge on any atom is -0.406 e. The highest BCUT2D eigenvalue weighted by Crippen LogP contribution is 2.18. The molecule has 2 aromatic rings. The van der Waals surface area contributed by atoms with E-state index in [1.807, 2.05) is 13.0 Å². The Bertz CT molecular complexity index is 675. The first-order valence-electron chi connectivity index (χ1n) is 7.87. The fraction of sp³-hybridized carbons (Fsp3) is 0.562. The van der Waals surface area contributed by atoms with E-state index >= 15 is 0 Å². The molecule has 0 aliphatic rings. The maximum atomic E-state index is 11.2. The largest absolute Gasteiger partial charge is 0.418 e. The number of aryl methyl sites for hydroxylation is 1. The predicted molar refractivity (Wildman–Crippen MR) is 84.4 cm³/mol. The number of hydrogen-bond donors (Lipinski definition) is 2. The maximum Gasteiger partial charge on any atom is 0.418 e. The number of pyridine rings is 1. The van der Waals surface area contributed by atoms with Gasteiger partial charge in [0.1, 0.15) is 0 Å².